The molecule has 0 radical (unpaired) electrons. The maximum absolute atomic E-state index is 4.27. The van der Waals surface area contributed by atoms with Gasteiger partial charge in [0.15, 0.2) is 0 Å². The van der Waals surface area contributed by atoms with Gasteiger partial charge in [-0.2, -0.15) is 0 Å². The highest BCUT2D eigenvalue weighted by molar-refractivity contribution is 5.85. The van der Waals surface area contributed by atoms with Crippen LogP contribution in [-0.2, 0) is 0 Å². The van der Waals surface area contributed by atoms with E-state index in [2.05, 4.69) is 52.4 Å². The molecule has 0 amide bonds. The summed E-state index contributed by atoms with van der Waals surface area (Å²) in [5.74, 6) is 0.449. The molecule has 1 aromatic rings. The molecule has 1 aliphatic carbocycles. The summed E-state index contributed by atoms with van der Waals surface area (Å²) in [4.78, 5) is 6.65. The fraction of sp³-hybridized carbons (Fsp3) is 0.133. The molecule has 82 valence electrons. The van der Waals surface area contributed by atoms with Gasteiger partial charge in [-0.05, 0) is 23.3 Å². The van der Waals surface area contributed by atoms with Gasteiger partial charge in [-0.3, -0.25) is 4.99 Å². The Morgan fingerprint density at radius 3 is 3.29 bits per heavy atom. The third-order valence-electron chi connectivity index (χ3n) is 3.61. The van der Waals surface area contributed by atoms with Crippen molar-refractivity contribution in [2.24, 2.45) is 4.99 Å². The normalized spacial score (nSPS) is 23.2. The molecule has 0 saturated heterocycles. The summed E-state index contributed by atoms with van der Waals surface area (Å²) in [6, 6.07) is 6.53. The van der Waals surface area contributed by atoms with Gasteiger partial charge >= 0.3 is 0 Å². The number of hydrogen-bond acceptors (Lipinski definition) is 2. The number of allylic oxidation sites excluding steroid dienone is 3. The minimum Gasteiger partial charge on any atom is -0.338 e. The van der Waals surface area contributed by atoms with Crippen LogP contribution in [0, 0.1) is 0 Å². The fourth-order valence-corrected chi connectivity index (χ4v) is 2.90. The summed E-state index contributed by atoms with van der Waals surface area (Å²) in [7, 11) is 0. The average molecular weight is 220 g/mol. The molecule has 0 bridgehead atoms. The van der Waals surface area contributed by atoms with Crippen molar-refractivity contribution in [3.8, 4) is 0 Å². The van der Waals surface area contributed by atoms with Crippen LogP contribution in [0.25, 0.3) is 6.08 Å². The van der Waals surface area contributed by atoms with Gasteiger partial charge in [0.2, 0.25) is 0 Å². The molecule has 2 aliphatic heterocycles. The van der Waals surface area contributed by atoms with Crippen molar-refractivity contribution in [3.05, 3.63) is 59.5 Å². The van der Waals surface area contributed by atoms with Gasteiger partial charge in [0.25, 0.3) is 0 Å². The highest BCUT2D eigenvalue weighted by atomic mass is 15.2. The largest absolute Gasteiger partial charge is 0.338 e. The summed E-state index contributed by atoms with van der Waals surface area (Å²) < 4.78 is 0. The second-order valence-electron chi connectivity index (χ2n) is 4.50. The van der Waals surface area contributed by atoms with Gasteiger partial charge in [-0.1, -0.05) is 30.4 Å². The van der Waals surface area contributed by atoms with E-state index in [1.165, 1.54) is 22.5 Å². The first-order valence-electron chi connectivity index (χ1n) is 5.92. The summed E-state index contributed by atoms with van der Waals surface area (Å²) in [6.45, 7) is 0.859. The van der Waals surface area contributed by atoms with Crippen LogP contribution in [-0.4, -0.2) is 12.8 Å². The lowest BCUT2D eigenvalue weighted by atomic mass is 9.99. The Hall–Kier alpha value is -2.09. The van der Waals surface area contributed by atoms with Crippen LogP contribution in [0.4, 0.5) is 5.69 Å². The van der Waals surface area contributed by atoms with E-state index in [1.807, 2.05) is 12.4 Å². The zero-order valence-corrected chi connectivity index (χ0v) is 9.38. The first-order chi connectivity index (χ1) is 8.45. The lowest BCUT2D eigenvalue weighted by molar-refractivity contribution is 0.993. The number of benzene rings is 1. The third kappa shape index (κ3) is 1.12. The van der Waals surface area contributed by atoms with Crippen LogP contribution in [0.5, 0.6) is 0 Å². The summed E-state index contributed by atoms with van der Waals surface area (Å²) in [6.07, 6.45) is 12.6. The van der Waals surface area contributed by atoms with E-state index >= 15 is 0 Å². The van der Waals surface area contributed by atoms with Gasteiger partial charge in [0, 0.05) is 24.0 Å². The topological polar surface area (TPSA) is 15.6 Å². The standard InChI is InChI=1S/C15H12N2/c1-3-11-7-8-16-9-10-17-14-6-2-4-12(14)13(5-1)15(11)17/h1-9,12H,10H2. The lowest BCUT2D eigenvalue weighted by Gasteiger charge is -2.21. The minimum absolute atomic E-state index is 0.449. The molecule has 0 saturated carbocycles. The number of hydrogen-bond donors (Lipinski definition) is 0. The molecule has 0 spiro atoms. The minimum atomic E-state index is 0.449. The van der Waals surface area contributed by atoms with Crippen LogP contribution in [0.15, 0.2) is 53.3 Å². The molecular weight excluding hydrogens is 208 g/mol. The second-order valence-corrected chi connectivity index (χ2v) is 4.50. The first-order valence-corrected chi connectivity index (χ1v) is 5.92. The number of para-hydroxylation sites is 1. The molecule has 4 rings (SSSR count). The zero-order valence-electron chi connectivity index (χ0n) is 9.38. The number of anilines is 1. The molecule has 2 heterocycles. The number of fused-ring (bicyclic) bond motifs is 3. The maximum atomic E-state index is 4.27. The molecule has 0 fully saturated rings. The molecule has 0 N–H and O–H groups in total. The Morgan fingerprint density at radius 2 is 2.29 bits per heavy atom. The molecule has 2 heteroatoms. The molecule has 17 heavy (non-hydrogen) atoms. The van der Waals surface area contributed by atoms with Crippen molar-refractivity contribution in [2.45, 2.75) is 5.92 Å². The van der Waals surface area contributed by atoms with E-state index in [1.54, 1.807) is 0 Å². The van der Waals surface area contributed by atoms with Gasteiger partial charge in [-0.15, -0.1) is 0 Å². The van der Waals surface area contributed by atoms with Crippen molar-refractivity contribution in [3.63, 3.8) is 0 Å². The third-order valence-corrected chi connectivity index (χ3v) is 3.61. The Bertz CT molecular complexity index is 605. The van der Waals surface area contributed by atoms with Gasteiger partial charge in [0.05, 0.1) is 12.2 Å². The molecule has 1 unspecified atom stereocenters. The van der Waals surface area contributed by atoms with E-state index in [4.69, 9.17) is 0 Å². The molecule has 1 aromatic carbocycles. The quantitative estimate of drug-likeness (QED) is 0.656. The van der Waals surface area contributed by atoms with Crippen LogP contribution >= 0.6 is 0 Å². The van der Waals surface area contributed by atoms with E-state index in [-0.39, 0.29) is 0 Å². The molecule has 1 atom stereocenters. The highest BCUT2D eigenvalue weighted by Gasteiger charge is 2.34. The Balaban J connectivity index is 2.02. The monoisotopic (exact) mass is 220 g/mol. The van der Waals surface area contributed by atoms with Crippen molar-refractivity contribution in [2.75, 3.05) is 11.4 Å². The zero-order chi connectivity index (χ0) is 11.2. The van der Waals surface area contributed by atoms with Crippen molar-refractivity contribution in [1.29, 1.82) is 0 Å². The van der Waals surface area contributed by atoms with E-state index in [9.17, 15) is 0 Å². The lowest BCUT2D eigenvalue weighted by Crippen LogP contribution is -2.22. The molecular formula is C15H12N2. The predicted octanol–water partition coefficient (Wildman–Crippen LogP) is 3.10. The van der Waals surface area contributed by atoms with Gasteiger partial charge < -0.3 is 4.90 Å². The molecule has 2 nitrogen and oxygen atoms in total. The SMILES string of the molecule is C1=CC2C(=C1)N1CC=NC=Cc3cccc2c31. The maximum Gasteiger partial charge on any atom is 0.0582 e. The smallest absolute Gasteiger partial charge is 0.0582 e. The summed E-state index contributed by atoms with van der Waals surface area (Å²) in [5.41, 5.74) is 5.43. The number of nitrogens with zero attached hydrogens (tertiary/aromatic N) is 2. The summed E-state index contributed by atoms with van der Waals surface area (Å²) in [5, 5.41) is 0. The van der Waals surface area contributed by atoms with E-state index in [0.717, 1.165) is 6.54 Å². The summed E-state index contributed by atoms with van der Waals surface area (Å²) >= 11 is 0. The molecule has 3 aliphatic rings. The van der Waals surface area contributed by atoms with Crippen LogP contribution in [0.1, 0.15) is 17.0 Å². The van der Waals surface area contributed by atoms with E-state index < -0.39 is 0 Å². The van der Waals surface area contributed by atoms with Gasteiger partial charge in [-0.25, -0.2) is 0 Å². The Labute approximate surface area is 100 Å². The number of aliphatic imine (C=N–C) groups is 1. The second kappa shape index (κ2) is 3.20. The molecule has 0 aromatic heterocycles. The van der Waals surface area contributed by atoms with Crippen molar-refractivity contribution in [1.82, 2.24) is 0 Å². The van der Waals surface area contributed by atoms with Crippen molar-refractivity contribution < 1.29 is 0 Å². The van der Waals surface area contributed by atoms with Crippen molar-refractivity contribution >= 4 is 18.0 Å². The average Bonchev–Trinajstić information content (AvgIpc) is 2.87. The van der Waals surface area contributed by atoms with Crippen LogP contribution in [0.3, 0.4) is 0 Å². The van der Waals surface area contributed by atoms with Crippen LogP contribution < -0.4 is 4.90 Å². The first kappa shape index (κ1) is 8.99. The number of rotatable bonds is 0. The highest BCUT2D eigenvalue weighted by Crippen LogP contribution is 2.48. The Kier molecular flexibility index (Phi) is 1.69. The Morgan fingerprint density at radius 1 is 1.29 bits per heavy atom. The predicted molar refractivity (Wildman–Crippen MR) is 71.3 cm³/mol. The van der Waals surface area contributed by atoms with Gasteiger partial charge in [0.1, 0.15) is 0 Å². The van der Waals surface area contributed by atoms with E-state index in [0.29, 0.717) is 5.92 Å². The van der Waals surface area contributed by atoms with Crippen LogP contribution in [0.2, 0.25) is 0 Å². The fourth-order valence-electron chi connectivity index (χ4n) is 2.90.